The molecule has 4 nitrogen and oxygen atoms in total. The molecule has 3 rings (SSSR count). The predicted octanol–water partition coefficient (Wildman–Crippen LogP) is 1.89. The lowest BCUT2D eigenvalue weighted by molar-refractivity contribution is -0.126. The van der Waals surface area contributed by atoms with Gasteiger partial charge in [-0.1, -0.05) is 12.1 Å². The lowest BCUT2D eigenvalue weighted by Crippen LogP contribution is -2.52. The van der Waals surface area contributed by atoms with Gasteiger partial charge in [-0.2, -0.15) is 0 Å². The topological polar surface area (TPSA) is 32.8 Å². The third-order valence-electron chi connectivity index (χ3n) is 4.07. The van der Waals surface area contributed by atoms with Crippen molar-refractivity contribution in [3.63, 3.8) is 0 Å². The van der Waals surface area contributed by atoms with Crippen molar-refractivity contribution in [3.8, 4) is 5.75 Å². The number of carbonyl (C=O) groups is 1. The van der Waals surface area contributed by atoms with E-state index in [1.54, 1.807) is 0 Å². The molecule has 2 aliphatic rings. The molecule has 0 aliphatic carbocycles. The van der Waals surface area contributed by atoms with Gasteiger partial charge in [-0.3, -0.25) is 4.79 Å². The van der Waals surface area contributed by atoms with E-state index in [1.165, 1.54) is 0 Å². The number of rotatable bonds is 1. The summed E-state index contributed by atoms with van der Waals surface area (Å²) in [5.41, 5.74) is 0.931. The number of hydrogen-bond acceptors (Lipinski definition) is 3. The number of anilines is 1. The number of benzene rings is 1. The summed E-state index contributed by atoms with van der Waals surface area (Å²) in [6.45, 7) is 3.93. The Labute approximate surface area is 113 Å². The molecule has 1 atom stereocenters. The van der Waals surface area contributed by atoms with Crippen LogP contribution >= 0.6 is 0 Å². The van der Waals surface area contributed by atoms with Crippen molar-refractivity contribution in [2.75, 3.05) is 25.0 Å². The van der Waals surface area contributed by atoms with Gasteiger partial charge in [-0.15, -0.1) is 0 Å². The third-order valence-corrected chi connectivity index (χ3v) is 4.07. The molecule has 19 heavy (non-hydrogen) atoms. The van der Waals surface area contributed by atoms with E-state index in [4.69, 9.17) is 4.74 Å². The fourth-order valence-corrected chi connectivity index (χ4v) is 2.94. The molecule has 102 valence electrons. The molecule has 4 heteroatoms. The normalized spacial score (nSPS) is 25.1. The van der Waals surface area contributed by atoms with Crippen LogP contribution < -0.4 is 9.64 Å². The SMILES string of the molecule is CC1Oc2ccccc2N(C2CCN(C)CC2)C1=O. The van der Waals surface area contributed by atoms with Gasteiger partial charge in [0.05, 0.1) is 5.69 Å². The molecule has 1 fully saturated rings. The Morgan fingerprint density at radius 2 is 1.89 bits per heavy atom. The molecule has 1 aromatic carbocycles. The molecule has 0 N–H and O–H groups in total. The van der Waals surface area contributed by atoms with E-state index in [9.17, 15) is 4.79 Å². The first-order valence-electron chi connectivity index (χ1n) is 6.94. The van der Waals surface area contributed by atoms with Gasteiger partial charge in [-0.25, -0.2) is 0 Å². The summed E-state index contributed by atoms with van der Waals surface area (Å²) in [6, 6.07) is 8.15. The lowest BCUT2D eigenvalue weighted by Gasteiger charge is -2.41. The summed E-state index contributed by atoms with van der Waals surface area (Å²) < 4.78 is 5.68. The van der Waals surface area contributed by atoms with Crippen LogP contribution in [-0.2, 0) is 4.79 Å². The maximum atomic E-state index is 12.5. The standard InChI is InChI=1S/C15H20N2O2/c1-11-15(18)17(12-7-9-16(2)10-8-12)13-5-3-4-6-14(13)19-11/h3-6,11-12H,7-10H2,1-2H3. The fraction of sp³-hybridized carbons (Fsp3) is 0.533. The average molecular weight is 260 g/mol. The number of para-hydroxylation sites is 2. The smallest absolute Gasteiger partial charge is 0.268 e. The van der Waals surface area contributed by atoms with E-state index in [2.05, 4.69) is 11.9 Å². The number of likely N-dealkylation sites (tertiary alicyclic amines) is 1. The van der Waals surface area contributed by atoms with Gasteiger partial charge in [0.15, 0.2) is 6.10 Å². The Kier molecular flexibility index (Phi) is 3.19. The number of hydrogen-bond donors (Lipinski definition) is 0. The van der Waals surface area contributed by atoms with Crippen LogP contribution in [0.2, 0.25) is 0 Å². The summed E-state index contributed by atoms with van der Waals surface area (Å²) in [5, 5.41) is 0. The van der Waals surface area contributed by atoms with Gasteiger partial charge in [0.1, 0.15) is 5.75 Å². The van der Waals surface area contributed by atoms with Crippen molar-refractivity contribution in [2.45, 2.75) is 31.9 Å². The van der Waals surface area contributed by atoms with Crippen molar-refractivity contribution >= 4 is 11.6 Å². The summed E-state index contributed by atoms with van der Waals surface area (Å²) in [6.07, 6.45) is 1.68. The fourth-order valence-electron chi connectivity index (χ4n) is 2.94. The quantitative estimate of drug-likeness (QED) is 0.773. The molecule has 1 amide bonds. The second kappa shape index (κ2) is 4.85. The van der Waals surface area contributed by atoms with E-state index in [1.807, 2.05) is 36.1 Å². The second-order valence-corrected chi connectivity index (χ2v) is 5.47. The number of nitrogens with zero attached hydrogens (tertiary/aromatic N) is 2. The molecule has 0 bridgehead atoms. The highest BCUT2D eigenvalue weighted by molar-refractivity contribution is 6.00. The first-order valence-corrected chi connectivity index (χ1v) is 6.94. The van der Waals surface area contributed by atoms with E-state index in [0.29, 0.717) is 6.04 Å². The minimum atomic E-state index is -0.380. The molecule has 1 saturated heterocycles. The van der Waals surface area contributed by atoms with Gasteiger partial charge in [0.25, 0.3) is 5.91 Å². The Morgan fingerprint density at radius 3 is 2.63 bits per heavy atom. The zero-order valence-electron chi connectivity index (χ0n) is 11.5. The second-order valence-electron chi connectivity index (χ2n) is 5.47. The van der Waals surface area contributed by atoms with Crippen LogP contribution in [0.3, 0.4) is 0 Å². The molecular formula is C15H20N2O2. The van der Waals surface area contributed by atoms with E-state index < -0.39 is 0 Å². The number of carbonyl (C=O) groups excluding carboxylic acids is 1. The highest BCUT2D eigenvalue weighted by Gasteiger charge is 2.36. The van der Waals surface area contributed by atoms with Gasteiger partial charge >= 0.3 is 0 Å². The van der Waals surface area contributed by atoms with Crippen LogP contribution in [0.4, 0.5) is 5.69 Å². The molecular weight excluding hydrogens is 240 g/mol. The van der Waals surface area contributed by atoms with Crippen LogP contribution in [0, 0.1) is 0 Å². The Balaban J connectivity index is 1.92. The molecule has 0 saturated carbocycles. The summed E-state index contributed by atoms with van der Waals surface area (Å²) in [4.78, 5) is 16.7. The van der Waals surface area contributed by atoms with Crippen LogP contribution in [-0.4, -0.2) is 43.1 Å². The summed E-state index contributed by atoms with van der Waals surface area (Å²) in [7, 11) is 2.13. The van der Waals surface area contributed by atoms with E-state index in [-0.39, 0.29) is 12.0 Å². The highest BCUT2D eigenvalue weighted by atomic mass is 16.5. The van der Waals surface area contributed by atoms with Crippen molar-refractivity contribution in [1.82, 2.24) is 4.90 Å². The third kappa shape index (κ3) is 2.21. The maximum Gasteiger partial charge on any atom is 0.268 e. The van der Waals surface area contributed by atoms with E-state index >= 15 is 0 Å². The van der Waals surface area contributed by atoms with Crippen LogP contribution in [0.1, 0.15) is 19.8 Å². The average Bonchev–Trinajstić information content (AvgIpc) is 2.42. The van der Waals surface area contributed by atoms with Gasteiger partial charge < -0.3 is 14.5 Å². The summed E-state index contributed by atoms with van der Waals surface area (Å²) >= 11 is 0. The molecule has 1 unspecified atom stereocenters. The Morgan fingerprint density at radius 1 is 1.21 bits per heavy atom. The molecule has 0 radical (unpaired) electrons. The summed E-state index contributed by atoms with van der Waals surface area (Å²) in [5.74, 6) is 0.918. The zero-order chi connectivity index (χ0) is 13.4. The lowest BCUT2D eigenvalue weighted by atomic mass is 10.0. The Bertz CT molecular complexity index is 481. The largest absolute Gasteiger partial charge is 0.479 e. The van der Waals surface area contributed by atoms with Crippen molar-refractivity contribution in [1.29, 1.82) is 0 Å². The van der Waals surface area contributed by atoms with Crippen LogP contribution in [0.5, 0.6) is 5.75 Å². The van der Waals surface area contributed by atoms with Crippen molar-refractivity contribution in [2.24, 2.45) is 0 Å². The number of fused-ring (bicyclic) bond motifs is 1. The van der Waals surface area contributed by atoms with Gasteiger partial charge in [-0.05, 0) is 52.0 Å². The van der Waals surface area contributed by atoms with Crippen LogP contribution in [0.25, 0.3) is 0 Å². The minimum Gasteiger partial charge on any atom is -0.479 e. The van der Waals surface area contributed by atoms with Crippen molar-refractivity contribution < 1.29 is 9.53 Å². The molecule has 2 aliphatic heterocycles. The number of amides is 1. The molecule has 2 heterocycles. The first kappa shape index (κ1) is 12.5. The maximum absolute atomic E-state index is 12.5. The minimum absolute atomic E-state index is 0.0910. The zero-order valence-corrected chi connectivity index (χ0v) is 11.5. The molecule has 0 aromatic heterocycles. The monoisotopic (exact) mass is 260 g/mol. The predicted molar refractivity (Wildman–Crippen MR) is 74.5 cm³/mol. The van der Waals surface area contributed by atoms with Crippen molar-refractivity contribution in [3.05, 3.63) is 24.3 Å². The Hall–Kier alpha value is -1.55. The van der Waals surface area contributed by atoms with E-state index in [0.717, 1.165) is 37.4 Å². The molecule has 1 aromatic rings. The molecule has 0 spiro atoms. The van der Waals surface area contributed by atoms with Gasteiger partial charge in [0, 0.05) is 6.04 Å². The number of piperidine rings is 1. The highest BCUT2D eigenvalue weighted by Crippen LogP contribution is 2.36. The number of ether oxygens (including phenoxy) is 1. The van der Waals surface area contributed by atoms with Crippen LogP contribution in [0.15, 0.2) is 24.3 Å². The first-order chi connectivity index (χ1) is 9.16. The van der Waals surface area contributed by atoms with Gasteiger partial charge in [0.2, 0.25) is 0 Å².